The second kappa shape index (κ2) is 25.1. The van der Waals surface area contributed by atoms with Crippen LogP contribution in [0.1, 0.15) is 254 Å². The fourth-order valence-corrected chi connectivity index (χ4v) is 11.7. The van der Waals surface area contributed by atoms with E-state index in [1.54, 1.807) is 0 Å². The Bertz CT molecular complexity index is 2830. The van der Waals surface area contributed by atoms with Crippen molar-refractivity contribution in [2.45, 2.75) is 256 Å². The number of rotatable bonds is 12. The lowest BCUT2D eigenvalue weighted by molar-refractivity contribution is 0.370. The van der Waals surface area contributed by atoms with Crippen molar-refractivity contribution >= 4 is 17.2 Å². The Morgan fingerprint density at radius 1 is 0.205 bits per heavy atom. The van der Waals surface area contributed by atoms with Crippen LogP contribution in [-0.2, 0) is 48.7 Å². The fourth-order valence-electron chi connectivity index (χ4n) is 9.51. The van der Waals surface area contributed by atoms with Crippen molar-refractivity contribution < 1.29 is 27.1 Å². The average Bonchev–Trinajstić information content (AvgIpc) is 3.53. The second-order valence-corrected chi connectivity index (χ2v) is 34.4. The van der Waals surface area contributed by atoms with Gasteiger partial charge in [-0.3, -0.25) is 0 Å². The molecule has 0 N–H and O–H groups in total. The topological polar surface area (TPSA) is 55.4 Å². The molecule has 0 heterocycles. The Labute approximate surface area is 508 Å². The molecule has 0 aromatic heterocycles. The van der Waals surface area contributed by atoms with Gasteiger partial charge in [-0.1, -0.05) is 276 Å². The highest BCUT2D eigenvalue weighted by molar-refractivity contribution is 7.43. The van der Waals surface area contributed by atoms with E-state index >= 15 is 0 Å². The van der Waals surface area contributed by atoms with Gasteiger partial charge in [0, 0.05) is 33.4 Å². The summed E-state index contributed by atoms with van der Waals surface area (Å²) in [7, 11) is -3.70. The van der Waals surface area contributed by atoms with E-state index < -0.39 is 17.2 Å². The standard InChI is InChI=1S/C42H63O3P.C33H45O3P/c1-37(2,3)28-19-22-34(31(25-28)40(10,11)12)43-46(44-35-23-20-29(38(4,5)6)26-32(35)41(13,14)15)45-36-24-21-30(39(7,8)9)27-33(36)42(16,17)18;1-22-13-16-28(25(19-22)31(4,5)6)34-37(35-29-17-14-23(2)20-26(29)32(7,8)9)36-30-18-15-24(3)21-27(30)33(10,11)12/h19-27H,1-18H3;13-21H,1-12H3. The molecule has 0 saturated heterocycles. The van der Waals surface area contributed by atoms with E-state index in [9.17, 15) is 0 Å². The maximum absolute atomic E-state index is 6.90. The van der Waals surface area contributed by atoms with Gasteiger partial charge < -0.3 is 27.1 Å². The van der Waals surface area contributed by atoms with Crippen LogP contribution in [0.4, 0.5) is 0 Å². The molecular weight excluding hydrogens is 1060 g/mol. The summed E-state index contributed by atoms with van der Waals surface area (Å²) in [6, 6.07) is 38.7. The first-order chi connectivity index (χ1) is 37.5. The molecular formula is C75H108O6P2. The number of benzene rings is 6. The highest BCUT2D eigenvalue weighted by Gasteiger charge is 2.35. The third-order valence-electron chi connectivity index (χ3n) is 14.8. The van der Waals surface area contributed by atoms with Gasteiger partial charge in [-0.15, -0.1) is 0 Å². The minimum absolute atomic E-state index is 0.0170. The van der Waals surface area contributed by atoms with Crippen LogP contribution in [0.3, 0.4) is 0 Å². The van der Waals surface area contributed by atoms with Gasteiger partial charge in [-0.2, -0.15) is 0 Å². The summed E-state index contributed by atoms with van der Waals surface area (Å²) in [4.78, 5) is 0. The molecule has 0 aliphatic carbocycles. The summed E-state index contributed by atoms with van der Waals surface area (Å²) in [5.74, 6) is 4.74. The second-order valence-electron chi connectivity index (χ2n) is 32.4. The Morgan fingerprint density at radius 3 is 0.518 bits per heavy atom. The summed E-state index contributed by atoms with van der Waals surface area (Å²) >= 11 is 0. The lowest BCUT2D eigenvalue weighted by Crippen LogP contribution is -2.20. The van der Waals surface area contributed by atoms with Crippen molar-refractivity contribution in [1.29, 1.82) is 0 Å². The lowest BCUT2D eigenvalue weighted by atomic mass is 9.80. The first kappa shape index (κ1) is 68.8. The van der Waals surface area contributed by atoms with Gasteiger partial charge in [0.1, 0.15) is 34.5 Å². The zero-order valence-corrected chi connectivity index (χ0v) is 59.0. The van der Waals surface area contributed by atoms with Crippen LogP contribution in [0.2, 0.25) is 0 Å². The zero-order valence-electron chi connectivity index (χ0n) is 57.2. The van der Waals surface area contributed by atoms with E-state index in [4.69, 9.17) is 27.1 Å². The lowest BCUT2D eigenvalue weighted by Gasteiger charge is -2.31. The van der Waals surface area contributed by atoms with Crippen LogP contribution >= 0.6 is 17.2 Å². The summed E-state index contributed by atoms with van der Waals surface area (Å²) in [5.41, 5.74) is 13.6. The monoisotopic (exact) mass is 1170 g/mol. The molecule has 0 amide bonds. The maximum atomic E-state index is 6.90. The number of hydrogen-bond acceptors (Lipinski definition) is 6. The first-order valence-electron chi connectivity index (χ1n) is 30.0. The van der Waals surface area contributed by atoms with Gasteiger partial charge in [-0.05, 0) is 123 Å². The SMILES string of the molecule is CC(C)(C)c1ccc(OP(Oc2ccc(C(C)(C)C)cc2C(C)(C)C)Oc2ccc(C(C)(C)C)cc2C(C)(C)C)c(C(C)(C)C)c1.Cc1ccc(OP(Oc2ccc(C)cc2C(C)(C)C)Oc2ccc(C)cc2C(C)(C)C)c(C(C)(C)C)c1. The highest BCUT2D eigenvalue weighted by atomic mass is 31.2. The third kappa shape index (κ3) is 19.0. The molecule has 6 nitrogen and oxygen atoms in total. The van der Waals surface area contributed by atoms with Gasteiger partial charge >= 0.3 is 17.2 Å². The highest BCUT2D eigenvalue weighted by Crippen LogP contribution is 2.52. The molecule has 8 heteroatoms. The molecule has 0 fully saturated rings. The molecule has 6 aromatic carbocycles. The van der Waals surface area contributed by atoms with Gasteiger partial charge in [0.25, 0.3) is 0 Å². The molecule has 454 valence electrons. The molecule has 6 aromatic rings. The van der Waals surface area contributed by atoms with Crippen LogP contribution in [-0.4, -0.2) is 0 Å². The maximum Gasteiger partial charge on any atom is 0.530 e. The van der Waals surface area contributed by atoms with Gasteiger partial charge in [0.15, 0.2) is 0 Å². The van der Waals surface area contributed by atoms with Crippen molar-refractivity contribution in [1.82, 2.24) is 0 Å². The van der Waals surface area contributed by atoms with Crippen molar-refractivity contribution in [2.24, 2.45) is 0 Å². The third-order valence-corrected chi connectivity index (χ3v) is 16.9. The minimum atomic E-state index is -1.89. The predicted octanol–water partition coefficient (Wildman–Crippen LogP) is 23.5. The largest absolute Gasteiger partial charge is 0.530 e. The van der Waals surface area contributed by atoms with Crippen LogP contribution in [0.25, 0.3) is 0 Å². The smallest absolute Gasteiger partial charge is 0.408 e. The number of hydrogen-bond donors (Lipinski definition) is 0. The molecule has 0 saturated carbocycles. The molecule has 0 aliphatic rings. The van der Waals surface area contributed by atoms with Gasteiger partial charge in [0.05, 0.1) is 0 Å². The van der Waals surface area contributed by atoms with Crippen LogP contribution in [0, 0.1) is 20.8 Å². The van der Waals surface area contributed by atoms with Crippen molar-refractivity contribution in [2.75, 3.05) is 0 Å². The quantitative estimate of drug-likeness (QED) is 0.114. The van der Waals surface area contributed by atoms with Crippen LogP contribution < -0.4 is 27.1 Å². The minimum Gasteiger partial charge on any atom is -0.408 e. The molecule has 0 bridgehead atoms. The summed E-state index contributed by atoms with van der Waals surface area (Å²) in [6.45, 7) is 66.5. The summed E-state index contributed by atoms with van der Waals surface area (Å²) in [6.07, 6.45) is 0. The Kier molecular flexibility index (Phi) is 20.8. The molecule has 6 rings (SSSR count). The zero-order chi connectivity index (χ0) is 63.0. The predicted molar refractivity (Wildman–Crippen MR) is 359 cm³/mol. The van der Waals surface area contributed by atoms with Gasteiger partial charge in [-0.25, -0.2) is 0 Å². The van der Waals surface area contributed by atoms with Crippen LogP contribution in [0.15, 0.2) is 109 Å². The van der Waals surface area contributed by atoms with E-state index in [2.05, 4.69) is 299 Å². The molecule has 0 aliphatic heterocycles. The van der Waals surface area contributed by atoms with Gasteiger partial charge in [0.2, 0.25) is 0 Å². The van der Waals surface area contributed by atoms with E-state index in [1.807, 2.05) is 18.2 Å². The fraction of sp³-hybridized carbons (Fsp3) is 0.520. The molecule has 0 radical (unpaired) electrons. The Hall–Kier alpha value is -5.02. The first-order valence-corrected chi connectivity index (χ1v) is 32.2. The summed E-state index contributed by atoms with van der Waals surface area (Å²) < 4.78 is 40.6. The normalized spacial score (nSPS) is 13.2. The summed E-state index contributed by atoms with van der Waals surface area (Å²) in [5, 5.41) is 0. The Balaban J connectivity index is 0.000000311. The number of aryl methyl sites for hydroxylation is 3. The van der Waals surface area contributed by atoms with E-state index in [-0.39, 0.29) is 48.7 Å². The van der Waals surface area contributed by atoms with E-state index in [0.717, 1.165) is 67.9 Å². The molecule has 0 unspecified atom stereocenters. The van der Waals surface area contributed by atoms with Crippen molar-refractivity contribution in [3.63, 3.8) is 0 Å². The Morgan fingerprint density at radius 2 is 0.361 bits per heavy atom. The average molecular weight is 1170 g/mol. The van der Waals surface area contributed by atoms with Crippen molar-refractivity contribution in [3.05, 3.63) is 176 Å². The molecule has 0 spiro atoms. The molecule has 83 heavy (non-hydrogen) atoms. The van der Waals surface area contributed by atoms with E-state index in [0.29, 0.717) is 0 Å². The molecule has 0 atom stereocenters. The van der Waals surface area contributed by atoms with Crippen LogP contribution in [0.5, 0.6) is 34.5 Å². The van der Waals surface area contributed by atoms with Crippen molar-refractivity contribution in [3.8, 4) is 34.5 Å². The van der Waals surface area contributed by atoms with E-state index in [1.165, 1.54) is 33.4 Å².